The minimum Gasteiger partial charge on any atom is -0.252 e. The zero-order valence-electron chi connectivity index (χ0n) is 14.4. The molecule has 1 aromatic heterocycles. The number of hydrogen-bond acceptors (Lipinski definition) is 2. The van der Waals surface area contributed by atoms with Gasteiger partial charge in [-0.3, -0.25) is 3.97 Å². The normalized spacial score (nSPS) is 21.3. The van der Waals surface area contributed by atoms with Gasteiger partial charge in [0.2, 0.25) is 10.0 Å². The maximum atomic E-state index is 13.0. The van der Waals surface area contributed by atoms with Gasteiger partial charge in [-0.25, -0.2) is 8.42 Å². The molecule has 4 heteroatoms. The van der Waals surface area contributed by atoms with E-state index in [9.17, 15) is 8.42 Å². The summed E-state index contributed by atoms with van der Waals surface area (Å²) < 4.78 is 26.4. The maximum Gasteiger partial charge on any atom is 0.247 e. The van der Waals surface area contributed by atoms with Crippen molar-refractivity contribution in [1.29, 1.82) is 0 Å². The van der Waals surface area contributed by atoms with Crippen LogP contribution in [0.2, 0.25) is 0 Å². The Bertz CT molecular complexity index is 888. The standard InChI is InChI=1S/C20H23NO2S/c1-16-6-8-18(9-7-16)14-19-15-20(3,11-10-17(19)2)24(22,23)21-12-4-5-13-21/h4-13H,14-15H2,1-3H3. The first-order chi connectivity index (χ1) is 11.3. The van der Waals surface area contributed by atoms with E-state index in [2.05, 4.69) is 38.1 Å². The molecule has 3 nitrogen and oxygen atoms in total. The molecular formula is C20H23NO2S. The summed E-state index contributed by atoms with van der Waals surface area (Å²) in [4.78, 5) is 0. The molecule has 0 radical (unpaired) electrons. The fourth-order valence-electron chi connectivity index (χ4n) is 3.09. The fourth-order valence-corrected chi connectivity index (χ4v) is 4.63. The van der Waals surface area contributed by atoms with Crippen LogP contribution in [-0.4, -0.2) is 17.1 Å². The molecule has 0 bridgehead atoms. The number of hydrogen-bond donors (Lipinski definition) is 0. The number of benzene rings is 1. The zero-order valence-corrected chi connectivity index (χ0v) is 15.2. The number of aryl methyl sites for hydroxylation is 1. The van der Waals surface area contributed by atoms with E-state index in [0.29, 0.717) is 6.42 Å². The lowest BCUT2D eigenvalue weighted by Crippen LogP contribution is -2.39. The highest BCUT2D eigenvalue weighted by atomic mass is 32.2. The minimum atomic E-state index is -3.48. The number of aromatic nitrogens is 1. The molecular weight excluding hydrogens is 318 g/mol. The first-order valence-corrected chi connectivity index (χ1v) is 9.57. The van der Waals surface area contributed by atoms with E-state index < -0.39 is 14.8 Å². The van der Waals surface area contributed by atoms with Crippen molar-refractivity contribution in [2.24, 2.45) is 0 Å². The predicted molar refractivity (Wildman–Crippen MR) is 98.5 cm³/mol. The van der Waals surface area contributed by atoms with Crippen LogP contribution < -0.4 is 0 Å². The van der Waals surface area contributed by atoms with E-state index in [1.165, 1.54) is 20.7 Å². The van der Waals surface area contributed by atoms with Gasteiger partial charge in [0, 0.05) is 12.4 Å². The molecule has 2 aromatic rings. The van der Waals surface area contributed by atoms with E-state index in [-0.39, 0.29) is 0 Å². The molecule has 0 fully saturated rings. The molecule has 0 aliphatic heterocycles. The molecule has 1 atom stereocenters. The molecule has 1 aliphatic carbocycles. The van der Waals surface area contributed by atoms with E-state index in [4.69, 9.17) is 0 Å². The first kappa shape index (κ1) is 16.8. The Kier molecular flexibility index (Phi) is 4.26. The molecule has 1 aromatic carbocycles. The smallest absolute Gasteiger partial charge is 0.247 e. The monoisotopic (exact) mass is 341 g/mol. The van der Waals surface area contributed by atoms with Gasteiger partial charge in [-0.05, 0) is 51.3 Å². The van der Waals surface area contributed by atoms with Crippen LogP contribution in [0.5, 0.6) is 0 Å². The first-order valence-electron chi connectivity index (χ1n) is 8.13. The fraction of sp³-hybridized carbons (Fsp3) is 0.300. The Balaban J connectivity index is 1.90. The number of allylic oxidation sites excluding steroid dienone is 3. The van der Waals surface area contributed by atoms with Crippen LogP contribution in [0, 0.1) is 6.92 Å². The molecule has 1 heterocycles. The van der Waals surface area contributed by atoms with E-state index in [0.717, 1.165) is 12.0 Å². The third kappa shape index (κ3) is 2.98. The quantitative estimate of drug-likeness (QED) is 0.834. The summed E-state index contributed by atoms with van der Waals surface area (Å²) in [5, 5.41) is 0. The SMILES string of the molecule is CC1=C(Cc2ccc(C)cc2)CC(C)(S(=O)(=O)n2cccc2)C=C1. The van der Waals surface area contributed by atoms with Gasteiger partial charge >= 0.3 is 0 Å². The van der Waals surface area contributed by atoms with Crippen molar-refractivity contribution in [3.05, 3.63) is 83.2 Å². The van der Waals surface area contributed by atoms with Crippen LogP contribution >= 0.6 is 0 Å². The molecule has 0 N–H and O–H groups in total. The second-order valence-electron chi connectivity index (χ2n) is 6.79. The van der Waals surface area contributed by atoms with Gasteiger partial charge in [-0.1, -0.05) is 53.1 Å². The second kappa shape index (κ2) is 6.10. The highest BCUT2D eigenvalue weighted by Gasteiger charge is 2.40. The van der Waals surface area contributed by atoms with Gasteiger partial charge in [-0.15, -0.1) is 0 Å². The highest BCUT2D eigenvalue weighted by molar-refractivity contribution is 7.91. The van der Waals surface area contributed by atoms with Gasteiger partial charge in [0.1, 0.15) is 4.75 Å². The van der Waals surface area contributed by atoms with Crippen molar-refractivity contribution in [3.8, 4) is 0 Å². The summed E-state index contributed by atoms with van der Waals surface area (Å²) in [6.45, 7) is 5.93. The largest absolute Gasteiger partial charge is 0.252 e. The minimum absolute atomic E-state index is 0.518. The summed E-state index contributed by atoms with van der Waals surface area (Å²) >= 11 is 0. The summed E-state index contributed by atoms with van der Waals surface area (Å²) in [6, 6.07) is 11.9. The molecule has 24 heavy (non-hydrogen) atoms. The van der Waals surface area contributed by atoms with E-state index >= 15 is 0 Å². The van der Waals surface area contributed by atoms with Crippen molar-refractivity contribution in [2.75, 3.05) is 0 Å². The number of nitrogens with zero attached hydrogens (tertiary/aromatic N) is 1. The molecule has 1 aliphatic rings. The van der Waals surface area contributed by atoms with Crippen LogP contribution in [0.1, 0.15) is 31.4 Å². The topological polar surface area (TPSA) is 39.1 Å². The Hall–Kier alpha value is -2.07. The summed E-state index contributed by atoms with van der Waals surface area (Å²) in [7, 11) is -3.48. The maximum absolute atomic E-state index is 13.0. The summed E-state index contributed by atoms with van der Waals surface area (Å²) in [6.07, 6.45) is 8.28. The summed E-state index contributed by atoms with van der Waals surface area (Å²) in [5.41, 5.74) is 4.79. The van der Waals surface area contributed by atoms with Crippen molar-refractivity contribution < 1.29 is 8.42 Å². The third-order valence-electron chi connectivity index (χ3n) is 4.79. The highest BCUT2D eigenvalue weighted by Crippen LogP contribution is 2.35. The van der Waals surface area contributed by atoms with Gasteiger partial charge < -0.3 is 0 Å². The van der Waals surface area contributed by atoms with Gasteiger partial charge in [0.15, 0.2) is 0 Å². The number of rotatable bonds is 4. The van der Waals surface area contributed by atoms with Gasteiger partial charge in [0.05, 0.1) is 0 Å². The van der Waals surface area contributed by atoms with Crippen LogP contribution in [0.25, 0.3) is 0 Å². The molecule has 0 saturated carbocycles. The second-order valence-corrected chi connectivity index (χ2v) is 9.09. The lowest BCUT2D eigenvalue weighted by molar-refractivity contribution is 0.547. The van der Waals surface area contributed by atoms with Crippen molar-refractivity contribution in [3.63, 3.8) is 0 Å². The Morgan fingerprint density at radius 2 is 1.71 bits per heavy atom. The zero-order chi connectivity index (χ0) is 17.4. The van der Waals surface area contributed by atoms with Crippen molar-refractivity contribution in [2.45, 2.75) is 38.4 Å². The van der Waals surface area contributed by atoms with Crippen LogP contribution in [0.3, 0.4) is 0 Å². The van der Waals surface area contributed by atoms with Crippen molar-refractivity contribution in [1.82, 2.24) is 3.97 Å². The van der Waals surface area contributed by atoms with Crippen LogP contribution in [0.4, 0.5) is 0 Å². The lowest BCUT2D eigenvalue weighted by Gasteiger charge is -2.31. The average molecular weight is 341 g/mol. The van der Waals surface area contributed by atoms with Gasteiger partial charge in [-0.2, -0.15) is 0 Å². The molecule has 0 amide bonds. The van der Waals surface area contributed by atoms with Crippen LogP contribution in [0.15, 0.2) is 72.1 Å². The lowest BCUT2D eigenvalue weighted by atomic mass is 9.87. The molecule has 1 unspecified atom stereocenters. The molecule has 126 valence electrons. The molecule has 3 rings (SSSR count). The average Bonchev–Trinajstić information content (AvgIpc) is 3.08. The summed E-state index contributed by atoms with van der Waals surface area (Å²) in [5.74, 6) is 0. The van der Waals surface area contributed by atoms with Gasteiger partial charge in [0.25, 0.3) is 0 Å². The van der Waals surface area contributed by atoms with Crippen LogP contribution in [-0.2, 0) is 16.4 Å². The Morgan fingerprint density at radius 3 is 2.33 bits per heavy atom. The molecule has 0 spiro atoms. The third-order valence-corrected chi connectivity index (χ3v) is 7.05. The van der Waals surface area contributed by atoms with E-state index in [1.807, 2.05) is 12.2 Å². The van der Waals surface area contributed by atoms with E-state index in [1.54, 1.807) is 31.5 Å². The molecule has 0 saturated heterocycles. The Labute approximate surface area is 144 Å². The predicted octanol–water partition coefficient (Wildman–Crippen LogP) is 4.25. The van der Waals surface area contributed by atoms with Crippen molar-refractivity contribution >= 4 is 10.0 Å². The Morgan fingerprint density at radius 1 is 1.08 bits per heavy atom.